The van der Waals surface area contributed by atoms with E-state index in [4.69, 9.17) is 5.73 Å². The highest BCUT2D eigenvalue weighted by molar-refractivity contribution is 5.95. The minimum atomic E-state index is -1.15. The van der Waals surface area contributed by atoms with Gasteiger partial charge in [-0.2, -0.15) is 0 Å². The number of carbonyl (C=O) groups excluding carboxylic acids is 3. The summed E-state index contributed by atoms with van der Waals surface area (Å²) in [6.45, 7) is 1.83. The molecular formula is C25H27N3O4. The molecule has 0 bridgehead atoms. The Labute approximate surface area is 186 Å². The minimum absolute atomic E-state index is 0.0490. The van der Waals surface area contributed by atoms with E-state index in [0.29, 0.717) is 57.4 Å². The molecular weight excluding hydrogens is 406 g/mol. The van der Waals surface area contributed by atoms with Gasteiger partial charge in [-0.15, -0.1) is 0 Å². The number of carbonyl (C=O) groups is 3. The van der Waals surface area contributed by atoms with Crippen molar-refractivity contribution in [3.05, 3.63) is 59.2 Å². The maximum absolute atomic E-state index is 12.9. The van der Waals surface area contributed by atoms with Crippen LogP contribution in [0.5, 0.6) is 0 Å². The van der Waals surface area contributed by atoms with Gasteiger partial charge in [-0.05, 0) is 60.1 Å². The fourth-order valence-corrected chi connectivity index (χ4v) is 4.73. The molecule has 2 aliphatic carbocycles. The molecule has 1 atom stereocenters. The lowest BCUT2D eigenvalue weighted by Crippen LogP contribution is -2.53. The number of primary amides is 1. The van der Waals surface area contributed by atoms with Gasteiger partial charge in [0.25, 0.3) is 11.8 Å². The quantitative estimate of drug-likeness (QED) is 0.760. The second kappa shape index (κ2) is 7.74. The molecule has 3 amide bonds. The topological polar surface area (TPSA) is 104 Å². The zero-order chi connectivity index (χ0) is 22.5. The zero-order valence-corrected chi connectivity index (χ0v) is 17.9. The van der Waals surface area contributed by atoms with Crippen molar-refractivity contribution in [2.75, 3.05) is 26.2 Å². The maximum Gasteiger partial charge on any atom is 0.254 e. The number of nitrogens with zero attached hydrogens (tertiary/aromatic N) is 2. The smallest absolute Gasteiger partial charge is 0.254 e. The molecule has 1 unspecified atom stereocenters. The van der Waals surface area contributed by atoms with Gasteiger partial charge in [0.2, 0.25) is 5.91 Å². The van der Waals surface area contributed by atoms with Crippen molar-refractivity contribution in [2.45, 2.75) is 31.3 Å². The molecule has 1 saturated heterocycles. The Hall–Kier alpha value is -3.19. The molecule has 2 fully saturated rings. The van der Waals surface area contributed by atoms with E-state index in [1.807, 2.05) is 30.3 Å². The Morgan fingerprint density at radius 2 is 1.44 bits per heavy atom. The first kappa shape index (κ1) is 20.7. The Balaban J connectivity index is 1.23. The highest BCUT2D eigenvalue weighted by atomic mass is 16.3. The van der Waals surface area contributed by atoms with E-state index < -0.39 is 5.60 Å². The third kappa shape index (κ3) is 3.77. The van der Waals surface area contributed by atoms with E-state index in [9.17, 15) is 19.5 Å². The molecule has 0 radical (unpaired) electrons. The molecule has 1 aliphatic heterocycles. The third-order valence-electron chi connectivity index (χ3n) is 6.98. The first-order valence-corrected chi connectivity index (χ1v) is 11.2. The van der Waals surface area contributed by atoms with Crippen molar-refractivity contribution in [3.8, 4) is 11.1 Å². The Bertz CT molecular complexity index is 1080. The fraction of sp³-hybridized carbons (Fsp3) is 0.400. The Morgan fingerprint density at radius 1 is 0.844 bits per heavy atom. The Kier molecular flexibility index (Phi) is 5.01. The van der Waals surface area contributed by atoms with Crippen molar-refractivity contribution in [3.63, 3.8) is 0 Å². The summed E-state index contributed by atoms with van der Waals surface area (Å²) in [7, 11) is 0. The number of fused-ring (bicyclic) bond motifs is 1. The van der Waals surface area contributed by atoms with Gasteiger partial charge in [-0.25, -0.2) is 0 Å². The molecule has 2 aromatic carbocycles. The predicted octanol–water partition coefficient (Wildman–Crippen LogP) is 1.36. The summed E-state index contributed by atoms with van der Waals surface area (Å²) in [4.78, 5) is 40.1. The van der Waals surface area contributed by atoms with E-state index in [-0.39, 0.29) is 23.6 Å². The molecule has 7 nitrogen and oxygen atoms in total. The summed E-state index contributed by atoms with van der Waals surface area (Å²) in [5.74, 6) is -0.625. The van der Waals surface area contributed by atoms with Crippen LogP contribution in [-0.2, 0) is 22.4 Å². The number of benzene rings is 2. The normalized spacial score (nSPS) is 21.2. The molecule has 2 aromatic rings. The average molecular weight is 434 g/mol. The largest absolute Gasteiger partial charge is 0.380 e. The number of aliphatic hydroxyl groups is 1. The molecule has 7 heteroatoms. The molecule has 0 aromatic heterocycles. The van der Waals surface area contributed by atoms with Gasteiger partial charge in [0.1, 0.15) is 5.60 Å². The van der Waals surface area contributed by atoms with E-state index in [2.05, 4.69) is 12.1 Å². The predicted molar refractivity (Wildman–Crippen MR) is 119 cm³/mol. The average Bonchev–Trinajstić information content (AvgIpc) is 3.42. The fourth-order valence-electron chi connectivity index (χ4n) is 4.73. The van der Waals surface area contributed by atoms with Crippen LogP contribution in [0.1, 0.15) is 34.3 Å². The lowest BCUT2D eigenvalue weighted by molar-refractivity contribution is -0.143. The van der Waals surface area contributed by atoms with Gasteiger partial charge >= 0.3 is 0 Å². The van der Waals surface area contributed by atoms with Crippen LogP contribution >= 0.6 is 0 Å². The monoisotopic (exact) mass is 433 g/mol. The summed E-state index contributed by atoms with van der Waals surface area (Å²) in [6.07, 6.45) is 2.46. The zero-order valence-electron chi connectivity index (χ0n) is 17.9. The van der Waals surface area contributed by atoms with Crippen molar-refractivity contribution in [1.29, 1.82) is 0 Å². The minimum Gasteiger partial charge on any atom is -0.380 e. The molecule has 166 valence electrons. The van der Waals surface area contributed by atoms with Crippen LogP contribution in [0, 0.1) is 5.92 Å². The second-order valence-electron chi connectivity index (χ2n) is 9.18. The van der Waals surface area contributed by atoms with Crippen LogP contribution in [0.25, 0.3) is 11.1 Å². The van der Waals surface area contributed by atoms with Gasteiger partial charge in [0.15, 0.2) is 0 Å². The van der Waals surface area contributed by atoms with Crippen LogP contribution < -0.4 is 5.73 Å². The van der Waals surface area contributed by atoms with Gasteiger partial charge < -0.3 is 20.6 Å². The van der Waals surface area contributed by atoms with Crippen LogP contribution in [0.3, 0.4) is 0 Å². The van der Waals surface area contributed by atoms with Gasteiger partial charge in [0, 0.05) is 37.7 Å². The maximum atomic E-state index is 12.9. The summed E-state index contributed by atoms with van der Waals surface area (Å²) in [5, 5.41) is 10.0. The van der Waals surface area contributed by atoms with Crippen LogP contribution in [0.2, 0.25) is 0 Å². The molecule has 1 heterocycles. The highest BCUT2D eigenvalue weighted by Crippen LogP contribution is 2.37. The van der Waals surface area contributed by atoms with E-state index in [1.165, 1.54) is 5.56 Å². The van der Waals surface area contributed by atoms with Crippen molar-refractivity contribution in [1.82, 2.24) is 9.80 Å². The summed E-state index contributed by atoms with van der Waals surface area (Å²) >= 11 is 0. The number of hydrogen-bond acceptors (Lipinski definition) is 4. The SMILES string of the molecule is NC(=O)C1Cc2ccc(-c3ccc(C(=O)N4CCN(C(=O)C5(O)CC5)CC4)cc3)cc2C1. The van der Waals surface area contributed by atoms with Crippen molar-refractivity contribution in [2.24, 2.45) is 11.7 Å². The lowest BCUT2D eigenvalue weighted by Gasteiger charge is -2.35. The number of nitrogens with two attached hydrogens (primary N) is 1. The second-order valence-corrected chi connectivity index (χ2v) is 9.18. The molecule has 0 spiro atoms. The van der Waals surface area contributed by atoms with Crippen LogP contribution in [0.15, 0.2) is 42.5 Å². The highest BCUT2D eigenvalue weighted by Gasteiger charge is 2.50. The van der Waals surface area contributed by atoms with Crippen LogP contribution in [0.4, 0.5) is 0 Å². The summed E-state index contributed by atoms with van der Waals surface area (Å²) in [5.41, 5.74) is 9.34. The van der Waals surface area contributed by atoms with Crippen molar-refractivity contribution < 1.29 is 19.5 Å². The molecule has 3 N–H and O–H groups in total. The first-order chi connectivity index (χ1) is 15.3. The molecule has 5 rings (SSSR count). The van der Waals surface area contributed by atoms with Crippen molar-refractivity contribution >= 4 is 17.7 Å². The van der Waals surface area contributed by atoms with E-state index >= 15 is 0 Å². The van der Waals surface area contributed by atoms with Crippen LogP contribution in [-0.4, -0.2) is 64.4 Å². The number of piperazine rings is 1. The molecule has 32 heavy (non-hydrogen) atoms. The first-order valence-electron chi connectivity index (χ1n) is 11.2. The molecule has 3 aliphatic rings. The molecule has 1 saturated carbocycles. The van der Waals surface area contributed by atoms with E-state index in [0.717, 1.165) is 16.7 Å². The van der Waals surface area contributed by atoms with E-state index in [1.54, 1.807) is 9.80 Å². The third-order valence-corrected chi connectivity index (χ3v) is 6.98. The lowest BCUT2D eigenvalue weighted by atomic mass is 9.99. The Morgan fingerprint density at radius 3 is 2.06 bits per heavy atom. The standard InChI is InChI=1S/C25H27N3O4/c26-22(29)21-14-19-6-5-18(13-20(19)15-21)16-1-3-17(4-2-16)23(30)27-9-11-28(12-10-27)24(31)25(32)7-8-25/h1-6,13,21,32H,7-12,14-15H2,(H2,26,29). The van der Waals surface area contributed by atoms with Gasteiger partial charge in [0.05, 0.1) is 0 Å². The number of rotatable bonds is 4. The van der Waals surface area contributed by atoms with Gasteiger partial charge in [-0.3, -0.25) is 14.4 Å². The number of hydrogen-bond donors (Lipinski definition) is 2. The summed E-state index contributed by atoms with van der Waals surface area (Å²) in [6, 6.07) is 13.8. The summed E-state index contributed by atoms with van der Waals surface area (Å²) < 4.78 is 0. The number of amides is 3. The van der Waals surface area contributed by atoms with Gasteiger partial charge in [-0.1, -0.05) is 30.3 Å².